The number of carboxylic acids is 1. The number of aryl methyl sites for hydroxylation is 1. The molecule has 0 aliphatic carbocycles. The van der Waals surface area contributed by atoms with Crippen molar-refractivity contribution in [3.05, 3.63) is 58.6 Å². The van der Waals surface area contributed by atoms with Gasteiger partial charge in [0.15, 0.2) is 0 Å². The van der Waals surface area contributed by atoms with Crippen LogP contribution in [-0.2, 0) is 0 Å². The summed E-state index contributed by atoms with van der Waals surface area (Å²) in [7, 11) is 0. The number of halogens is 1. The normalized spacial score (nSPS) is 10.2. The van der Waals surface area contributed by atoms with Crippen LogP contribution in [-0.4, -0.2) is 11.1 Å². The maximum Gasteiger partial charge on any atom is 0.335 e. The van der Waals surface area contributed by atoms with Gasteiger partial charge in [-0.2, -0.15) is 0 Å². The van der Waals surface area contributed by atoms with Gasteiger partial charge in [0, 0.05) is 5.02 Å². The highest BCUT2D eigenvalue weighted by atomic mass is 35.5. The van der Waals surface area contributed by atoms with Crippen molar-refractivity contribution in [2.45, 2.75) is 6.92 Å². The quantitative estimate of drug-likeness (QED) is 0.869. The number of carboxylic acid groups (broad SMARTS) is 1. The maximum atomic E-state index is 11.0. The lowest BCUT2D eigenvalue weighted by molar-refractivity contribution is 0.0696. The van der Waals surface area contributed by atoms with Crippen LogP contribution in [0.1, 0.15) is 15.9 Å². The molecule has 86 valence electrons. The van der Waals surface area contributed by atoms with Gasteiger partial charge in [-0.3, -0.25) is 0 Å². The average Bonchev–Trinajstić information content (AvgIpc) is 2.29. The molecule has 1 N–H and O–H groups in total. The van der Waals surface area contributed by atoms with E-state index in [2.05, 4.69) is 0 Å². The van der Waals surface area contributed by atoms with E-state index in [-0.39, 0.29) is 0 Å². The third kappa shape index (κ3) is 2.48. The highest BCUT2D eigenvalue weighted by Gasteiger charge is 2.08. The number of hydrogen-bond acceptors (Lipinski definition) is 1. The summed E-state index contributed by atoms with van der Waals surface area (Å²) in [5, 5.41) is 9.70. The molecule has 0 aromatic heterocycles. The van der Waals surface area contributed by atoms with Crippen LogP contribution in [0.15, 0.2) is 42.5 Å². The Labute approximate surface area is 104 Å². The van der Waals surface area contributed by atoms with Crippen LogP contribution in [0.2, 0.25) is 5.02 Å². The van der Waals surface area contributed by atoms with E-state index in [1.807, 2.05) is 24.3 Å². The van der Waals surface area contributed by atoms with Gasteiger partial charge in [-0.15, -0.1) is 0 Å². The van der Waals surface area contributed by atoms with E-state index in [9.17, 15) is 4.79 Å². The molecule has 2 aromatic rings. The third-order valence-electron chi connectivity index (χ3n) is 2.63. The second-order valence-corrected chi connectivity index (χ2v) is 4.28. The lowest BCUT2D eigenvalue weighted by atomic mass is 10.00. The van der Waals surface area contributed by atoms with Crippen LogP contribution in [0.4, 0.5) is 0 Å². The van der Waals surface area contributed by atoms with E-state index in [1.54, 1.807) is 25.1 Å². The molecule has 0 aliphatic rings. The van der Waals surface area contributed by atoms with Crippen molar-refractivity contribution in [3.8, 4) is 11.1 Å². The Morgan fingerprint density at radius 2 is 1.82 bits per heavy atom. The van der Waals surface area contributed by atoms with Crippen LogP contribution >= 0.6 is 11.6 Å². The fourth-order valence-electron chi connectivity index (χ4n) is 1.70. The highest BCUT2D eigenvalue weighted by molar-refractivity contribution is 6.30. The van der Waals surface area contributed by atoms with Crippen LogP contribution in [0.25, 0.3) is 11.1 Å². The molecule has 17 heavy (non-hydrogen) atoms. The summed E-state index contributed by atoms with van der Waals surface area (Å²) in [6.45, 7) is 1.78. The Hall–Kier alpha value is -1.80. The molecule has 0 saturated carbocycles. The van der Waals surface area contributed by atoms with E-state index in [0.717, 1.165) is 16.7 Å². The van der Waals surface area contributed by atoms with Gasteiger partial charge in [0.1, 0.15) is 0 Å². The molecule has 0 fully saturated rings. The molecular formula is C14H11ClO2. The zero-order valence-electron chi connectivity index (χ0n) is 9.27. The molecule has 2 aromatic carbocycles. The van der Waals surface area contributed by atoms with Gasteiger partial charge in [-0.1, -0.05) is 35.9 Å². The molecule has 0 amide bonds. The van der Waals surface area contributed by atoms with Crippen molar-refractivity contribution in [2.24, 2.45) is 0 Å². The second-order valence-electron chi connectivity index (χ2n) is 3.85. The summed E-state index contributed by atoms with van der Waals surface area (Å²) in [6.07, 6.45) is 0. The summed E-state index contributed by atoms with van der Waals surface area (Å²) in [6, 6.07) is 12.7. The minimum atomic E-state index is -0.911. The second kappa shape index (κ2) is 4.60. The smallest absolute Gasteiger partial charge is 0.335 e. The largest absolute Gasteiger partial charge is 0.478 e. The molecule has 3 heteroatoms. The SMILES string of the molecule is Cc1ccc(-c2cccc(Cl)c2)cc1C(=O)O. The molecule has 0 bridgehead atoms. The van der Waals surface area contributed by atoms with Crippen molar-refractivity contribution < 1.29 is 9.90 Å². The Balaban J connectivity index is 2.54. The number of hydrogen-bond donors (Lipinski definition) is 1. The summed E-state index contributed by atoms with van der Waals surface area (Å²) in [5.41, 5.74) is 2.85. The van der Waals surface area contributed by atoms with E-state index in [1.165, 1.54) is 0 Å². The first-order valence-electron chi connectivity index (χ1n) is 5.18. The van der Waals surface area contributed by atoms with Gasteiger partial charge in [-0.05, 0) is 41.8 Å². The van der Waals surface area contributed by atoms with Crippen molar-refractivity contribution >= 4 is 17.6 Å². The van der Waals surface area contributed by atoms with E-state index in [0.29, 0.717) is 10.6 Å². The summed E-state index contributed by atoms with van der Waals surface area (Å²) in [4.78, 5) is 11.0. The zero-order chi connectivity index (χ0) is 12.4. The lowest BCUT2D eigenvalue weighted by Gasteiger charge is -2.06. The van der Waals surface area contributed by atoms with Crippen molar-refractivity contribution in [1.82, 2.24) is 0 Å². The van der Waals surface area contributed by atoms with Crippen LogP contribution < -0.4 is 0 Å². The zero-order valence-corrected chi connectivity index (χ0v) is 10.0. The number of rotatable bonds is 2. The molecule has 2 nitrogen and oxygen atoms in total. The maximum absolute atomic E-state index is 11.0. The van der Waals surface area contributed by atoms with Crippen LogP contribution in [0.5, 0.6) is 0 Å². The Kier molecular flexibility index (Phi) is 3.16. The van der Waals surface area contributed by atoms with Gasteiger partial charge in [-0.25, -0.2) is 4.79 Å². The lowest BCUT2D eigenvalue weighted by Crippen LogP contribution is -1.99. The number of carbonyl (C=O) groups is 1. The topological polar surface area (TPSA) is 37.3 Å². The summed E-state index contributed by atoms with van der Waals surface area (Å²) >= 11 is 5.91. The third-order valence-corrected chi connectivity index (χ3v) is 2.86. The first-order chi connectivity index (χ1) is 8.08. The van der Waals surface area contributed by atoms with Gasteiger partial charge < -0.3 is 5.11 Å². The summed E-state index contributed by atoms with van der Waals surface area (Å²) < 4.78 is 0. The fourth-order valence-corrected chi connectivity index (χ4v) is 1.89. The van der Waals surface area contributed by atoms with Crippen molar-refractivity contribution in [2.75, 3.05) is 0 Å². The van der Waals surface area contributed by atoms with E-state index >= 15 is 0 Å². The molecule has 0 heterocycles. The van der Waals surface area contributed by atoms with Crippen LogP contribution in [0.3, 0.4) is 0 Å². The molecule has 0 unspecified atom stereocenters. The molecule has 0 saturated heterocycles. The predicted octanol–water partition coefficient (Wildman–Crippen LogP) is 4.01. The minimum Gasteiger partial charge on any atom is -0.478 e. The van der Waals surface area contributed by atoms with Gasteiger partial charge >= 0.3 is 5.97 Å². The monoisotopic (exact) mass is 246 g/mol. The van der Waals surface area contributed by atoms with Crippen LogP contribution in [0, 0.1) is 6.92 Å². The minimum absolute atomic E-state index is 0.322. The molecule has 2 rings (SSSR count). The molecule has 0 radical (unpaired) electrons. The highest BCUT2D eigenvalue weighted by Crippen LogP contribution is 2.24. The average molecular weight is 247 g/mol. The number of aromatic carboxylic acids is 1. The van der Waals surface area contributed by atoms with Crippen molar-refractivity contribution in [3.63, 3.8) is 0 Å². The Morgan fingerprint density at radius 1 is 1.12 bits per heavy atom. The Morgan fingerprint density at radius 3 is 2.47 bits per heavy atom. The number of benzene rings is 2. The van der Waals surface area contributed by atoms with E-state index in [4.69, 9.17) is 16.7 Å². The standard InChI is InChI=1S/C14H11ClO2/c1-9-5-6-11(8-13(9)14(16)17)10-3-2-4-12(15)7-10/h2-8H,1H3,(H,16,17). The fraction of sp³-hybridized carbons (Fsp3) is 0.0714. The van der Waals surface area contributed by atoms with Gasteiger partial charge in [0.05, 0.1) is 5.56 Å². The molecule has 0 spiro atoms. The predicted molar refractivity (Wildman–Crippen MR) is 68.6 cm³/mol. The van der Waals surface area contributed by atoms with Gasteiger partial charge in [0.2, 0.25) is 0 Å². The first-order valence-corrected chi connectivity index (χ1v) is 5.55. The summed E-state index contributed by atoms with van der Waals surface area (Å²) in [5.74, 6) is -0.911. The van der Waals surface area contributed by atoms with Crippen molar-refractivity contribution in [1.29, 1.82) is 0 Å². The first kappa shape index (κ1) is 11.7. The molecule has 0 aliphatic heterocycles. The molecular weight excluding hydrogens is 236 g/mol. The Bertz CT molecular complexity index is 576. The molecule has 0 atom stereocenters. The van der Waals surface area contributed by atoms with Gasteiger partial charge in [0.25, 0.3) is 0 Å². The van der Waals surface area contributed by atoms with E-state index < -0.39 is 5.97 Å².